The standard InChI is InChI=1S/C15H24N2O/c1-4-13(5-2)15(18)17-14-9-7-12(8-10-14)11-16-6-3/h7-10,13,16H,4-6,11H2,1-3H3,(H,17,18). The summed E-state index contributed by atoms with van der Waals surface area (Å²) in [5.74, 6) is 0.242. The van der Waals surface area contributed by atoms with Crippen molar-refractivity contribution in [2.45, 2.75) is 40.2 Å². The van der Waals surface area contributed by atoms with Crippen LogP contribution in [-0.2, 0) is 11.3 Å². The molecule has 0 bridgehead atoms. The van der Waals surface area contributed by atoms with Crippen LogP contribution < -0.4 is 10.6 Å². The zero-order valence-electron chi connectivity index (χ0n) is 11.6. The summed E-state index contributed by atoms with van der Waals surface area (Å²) in [6.45, 7) is 8.02. The summed E-state index contributed by atoms with van der Waals surface area (Å²) >= 11 is 0. The van der Waals surface area contributed by atoms with Crippen molar-refractivity contribution in [3.8, 4) is 0 Å². The zero-order chi connectivity index (χ0) is 13.4. The summed E-state index contributed by atoms with van der Waals surface area (Å²) in [6.07, 6.45) is 1.78. The third-order valence-corrected chi connectivity index (χ3v) is 3.16. The van der Waals surface area contributed by atoms with Gasteiger partial charge >= 0.3 is 0 Å². The Balaban J connectivity index is 2.55. The fourth-order valence-corrected chi connectivity index (χ4v) is 1.88. The number of carbonyl (C=O) groups excluding carboxylic acids is 1. The van der Waals surface area contributed by atoms with Gasteiger partial charge in [-0.15, -0.1) is 0 Å². The van der Waals surface area contributed by atoms with Gasteiger partial charge in [-0.25, -0.2) is 0 Å². The van der Waals surface area contributed by atoms with E-state index in [9.17, 15) is 4.79 Å². The van der Waals surface area contributed by atoms with Gasteiger partial charge < -0.3 is 10.6 Å². The zero-order valence-corrected chi connectivity index (χ0v) is 11.6. The van der Waals surface area contributed by atoms with E-state index in [0.29, 0.717) is 0 Å². The molecule has 1 aromatic carbocycles. The van der Waals surface area contributed by atoms with Gasteiger partial charge in [-0.05, 0) is 37.1 Å². The number of carbonyl (C=O) groups is 1. The molecule has 0 aliphatic heterocycles. The predicted octanol–water partition coefficient (Wildman–Crippen LogP) is 3.17. The Hall–Kier alpha value is -1.35. The normalized spacial score (nSPS) is 10.7. The van der Waals surface area contributed by atoms with Gasteiger partial charge in [0.05, 0.1) is 0 Å². The molecule has 1 amide bonds. The molecule has 0 saturated carbocycles. The van der Waals surface area contributed by atoms with E-state index in [-0.39, 0.29) is 11.8 Å². The molecule has 0 aliphatic carbocycles. The first-order chi connectivity index (χ1) is 8.71. The second kappa shape index (κ2) is 7.88. The van der Waals surface area contributed by atoms with E-state index >= 15 is 0 Å². The highest BCUT2D eigenvalue weighted by molar-refractivity contribution is 5.92. The van der Waals surface area contributed by atoms with Crippen molar-refractivity contribution in [3.05, 3.63) is 29.8 Å². The number of nitrogens with one attached hydrogen (secondary N) is 2. The average Bonchev–Trinajstić information content (AvgIpc) is 2.39. The Morgan fingerprint density at radius 1 is 1.11 bits per heavy atom. The van der Waals surface area contributed by atoms with Gasteiger partial charge in [0, 0.05) is 18.2 Å². The largest absolute Gasteiger partial charge is 0.326 e. The first kappa shape index (κ1) is 14.7. The first-order valence-corrected chi connectivity index (χ1v) is 6.81. The second-order valence-corrected chi connectivity index (χ2v) is 4.48. The summed E-state index contributed by atoms with van der Waals surface area (Å²) in [6, 6.07) is 8.02. The number of hydrogen-bond donors (Lipinski definition) is 2. The lowest BCUT2D eigenvalue weighted by Gasteiger charge is -2.13. The fraction of sp³-hybridized carbons (Fsp3) is 0.533. The molecule has 0 spiro atoms. The molecule has 18 heavy (non-hydrogen) atoms. The molecule has 0 fully saturated rings. The van der Waals surface area contributed by atoms with E-state index in [0.717, 1.165) is 31.6 Å². The lowest BCUT2D eigenvalue weighted by Crippen LogP contribution is -2.21. The van der Waals surface area contributed by atoms with Crippen LogP contribution in [0.4, 0.5) is 5.69 Å². The summed E-state index contributed by atoms with van der Waals surface area (Å²) in [5, 5.41) is 6.24. The quantitative estimate of drug-likeness (QED) is 0.778. The van der Waals surface area contributed by atoms with Gasteiger partial charge in [-0.3, -0.25) is 4.79 Å². The molecule has 100 valence electrons. The smallest absolute Gasteiger partial charge is 0.227 e. The number of anilines is 1. The minimum Gasteiger partial charge on any atom is -0.326 e. The molecule has 0 aromatic heterocycles. The predicted molar refractivity (Wildman–Crippen MR) is 76.5 cm³/mol. The molecule has 0 heterocycles. The highest BCUT2D eigenvalue weighted by Crippen LogP contribution is 2.14. The molecule has 3 nitrogen and oxygen atoms in total. The maximum absolute atomic E-state index is 11.9. The topological polar surface area (TPSA) is 41.1 Å². The molecule has 0 aliphatic rings. The van der Waals surface area contributed by atoms with Crippen molar-refractivity contribution in [3.63, 3.8) is 0 Å². The lowest BCUT2D eigenvalue weighted by molar-refractivity contribution is -0.120. The van der Waals surface area contributed by atoms with Crippen LogP contribution in [0.15, 0.2) is 24.3 Å². The number of benzene rings is 1. The maximum atomic E-state index is 11.9. The number of amides is 1. The van der Waals surface area contributed by atoms with Crippen LogP contribution in [0.25, 0.3) is 0 Å². The SMILES string of the molecule is CCNCc1ccc(NC(=O)C(CC)CC)cc1. The molecule has 2 N–H and O–H groups in total. The van der Waals surface area contributed by atoms with Gasteiger partial charge in [0.15, 0.2) is 0 Å². The van der Waals surface area contributed by atoms with E-state index in [1.165, 1.54) is 5.56 Å². The van der Waals surface area contributed by atoms with Crippen LogP contribution in [0.2, 0.25) is 0 Å². The van der Waals surface area contributed by atoms with Gasteiger partial charge in [-0.1, -0.05) is 32.9 Å². The van der Waals surface area contributed by atoms with E-state index in [2.05, 4.69) is 17.6 Å². The summed E-state index contributed by atoms with van der Waals surface area (Å²) < 4.78 is 0. The molecule has 3 heteroatoms. The van der Waals surface area contributed by atoms with Crippen molar-refractivity contribution in [1.82, 2.24) is 5.32 Å². The van der Waals surface area contributed by atoms with Crippen molar-refractivity contribution >= 4 is 11.6 Å². The van der Waals surface area contributed by atoms with Crippen molar-refractivity contribution in [1.29, 1.82) is 0 Å². The summed E-state index contributed by atoms with van der Waals surface area (Å²) in [4.78, 5) is 11.9. The van der Waals surface area contributed by atoms with Gasteiger partial charge in [-0.2, -0.15) is 0 Å². The van der Waals surface area contributed by atoms with Gasteiger partial charge in [0.2, 0.25) is 5.91 Å². The Morgan fingerprint density at radius 2 is 1.72 bits per heavy atom. The molecule has 0 radical (unpaired) electrons. The Kier molecular flexibility index (Phi) is 6.44. The summed E-state index contributed by atoms with van der Waals surface area (Å²) in [5.41, 5.74) is 2.12. The van der Waals surface area contributed by atoms with Crippen molar-refractivity contribution in [2.75, 3.05) is 11.9 Å². The van der Waals surface area contributed by atoms with Crippen molar-refractivity contribution in [2.24, 2.45) is 5.92 Å². The third kappa shape index (κ3) is 4.49. The van der Waals surface area contributed by atoms with E-state index in [1.54, 1.807) is 0 Å². The average molecular weight is 248 g/mol. The van der Waals surface area contributed by atoms with Crippen LogP contribution in [0.1, 0.15) is 39.2 Å². The Labute approximate surface area is 110 Å². The van der Waals surface area contributed by atoms with E-state index in [4.69, 9.17) is 0 Å². The minimum absolute atomic E-state index is 0.117. The number of rotatable bonds is 7. The highest BCUT2D eigenvalue weighted by Gasteiger charge is 2.13. The second-order valence-electron chi connectivity index (χ2n) is 4.48. The molecule has 1 aromatic rings. The molecular weight excluding hydrogens is 224 g/mol. The fourth-order valence-electron chi connectivity index (χ4n) is 1.88. The molecular formula is C15H24N2O. The minimum atomic E-state index is 0.117. The lowest BCUT2D eigenvalue weighted by atomic mass is 10.0. The van der Waals surface area contributed by atoms with Gasteiger partial charge in [0.1, 0.15) is 0 Å². The van der Waals surface area contributed by atoms with Crippen LogP contribution in [-0.4, -0.2) is 12.5 Å². The molecule has 1 rings (SSSR count). The Morgan fingerprint density at radius 3 is 2.22 bits per heavy atom. The molecule has 0 unspecified atom stereocenters. The van der Waals surface area contributed by atoms with Gasteiger partial charge in [0.25, 0.3) is 0 Å². The van der Waals surface area contributed by atoms with E-state index in [1.807, 2.05) is 38.1 Å². The van der Waals surface area contributed by atoms with Crippen LogP contribution in [0, 0.1) is 5.92 Å². The molecule has 0 atom stereocenters. The third-order valence-electron chi connectivity index (χ3n) is 3.16. The van der Waals surface area contributed by atoms with Crippen molar-refractivity contribution < 1.29 is 4.79 Å². The van der Waals surface area contributed by atoms with Crippen LogP contribution >= 0.6 is 0 Å². The number of hydrogen-bond acceptors (Lipinski definition) is 2. The van der Waals surface area contributed by atoms with Crippen LogP contribution in [0.3, 0.4) is 0 Å². The summed E-state index contributed by atoms with van der Waals surface area (Å²) in [7, 11) is 0. The Bertz CT molecular complexity index is 355. The monoisotopic (exact) mass is 248 g/mol. The van der Waals surface area contributed by atoms with Crippen LogP contribution in [0.5, 0.6) is 0 Å². The first-order valence-electron chi connectivity index (χ1n) is 6.81. The van der Waals surface area contributed by atoms with E-state index < -0.39 is 0 Å². The highest BCUT2D eigenvalue weighted by atomic mass is 16.1. The maximum Gasteiger partial charge on any atom is 0.227 e. The molecule has 0 saturated heterocycles.